The lowest BCUT2D eigenvalue weighted by Gasteiger charge is -2.60. The van der Waals surface area contributed by atoms with Crippen LogP contribution in [-0.4, -0.2) is 48.3 Å². The Morgan fingerprint density at radius 1 is 0.889 bits per heavy atom. The minimum absolute atomic E-state index is 0.0130. The lowest BCUT2D eigenvalue weighted by atomic mass is 9.72. The SMILES string of the molecule is CC1=CCO[C@H]2C[C@H]3O[C@@](C)(CCOCc4ccccc4)[C@H](OCc4ccccc4)C[C@]3(C)O[C@]12C. The van der Waals surface area contributed by atoms with Gasteiger partial charge in [-0.3, -0.25) is 0 Å². The van der Waals surface area contributed by atoms with Gasteiger partial charge in [0.25, 0.3) is 0 Å². The second-order valence-corrected chi connectivity index (χ2v) is 11.2. The molecule has 0 N–H and O–H groups in total. The molecule has 36 heavy (non-hydrogen) atoms. The van der Waals surface area contributed by atoms with Crippen LogP contribution in [0, 0.1) is 0 Å². The fraction of sp³-hybridized carbons (Fsp3) is 0.548. The summed E-state index contributed by atoms with van der Waals surface area (Å²) in [5, 5.41) is 0. The summed E-state index contributed by atoms with van der Waals surface area (Å²) in [6.45, 7) is 11.0. The Hall–Kier alpha value is -2.02. The third-order valence-corrected chi connectivity index (χ3v) is 8.47. The summed E-state index contributed by atoms with van der Waals surface area (Å²) in [7, 11) is 0. The number of rotatable bonds is 8. The molecule has 3 heterocycles. The van der Waals surface area contributed by atoms with E-state index in [-0.39, 0.29) is 18.3 Å². The molecule has 0 spiro atoms. The summed E-state index contributed by atoms with van der Waals surface area (Å²) in [4.78, 5) is 0. The van der Waals surface area contributed by atoms with Crippen LogP contribution in [-0.2, 0) is 36.9 Å². The molecule has 194 valence electrons. The van der Waals surface area contributed by atoms with Gasteiger partial charge in [-0.25, -0.2) is 0 Å². The second kappa shape index (κ2) is 10.4. The lowest BCUT2D eigenvalue weighted by molar-refractivity contribution is -0.337. The Kier molecular flexibility index (Phi) is 7.39. The van der Waals surface area contributed by atoms with Crippen LogP contribution in [0.25, 0.3) is 0 Å². The molecule has 5 rings (SSSR count). The highest BCUT2D eigenvalue weighted by molar-refractivity contribution is 5.24. The number of hydrogen-bond acceptors (Lipinski definition) is 5. The van der Waals surface area contributed by atoms with E-state index in [4.69, 9.17) is 23.7 Å². The molecule has 3 aliphatic heterocycles. The van der Waals surface area contributed by atoms with Crippen LogP contribution in [0.4, 0.5) is 0 Å². The van der Waals surface area contributed by atoms with Crippen LogP contribution in [0.2, 0.25) is 0 Å². The van der Waals surface area contributed by atoms with Gasteiger partial charge in [-0.2, -0.15) is 0 Å². The van der Waals surface area contributed by atoms with Crippen molar-refractivity contribution in [3.8, 4) is 0 Å². The first-order valence-electron chi connectivity index (χ1n) is 13.2. The Balaban J connectivity index is 1.32. The monoisotopic (exact) mass is 492 g/mol. The third-order valence-electron chi connectivity index (χ3n) is 8.47. The zero-order valence-electron chi connectivity index (χ0n) is 22.1. The standard InChI is InChI=1S/C31H40O5/c1-23-15-17-33-27-19-26-30(3,36-31(23,27)4)20-28(34-22-25-13-9-6-10-14-25)29(2,35-26)16-18-32-21-24-11-7-5-8-12-24/h5-15,26-28H,16-22H2,1-4H3/t26-,27+,28-,29+,30+,31-/m1/s1. The first-order chi connectivity index (χ1) is 17.3. The molecular weight excluding hydrogens is 452 g/mol. The highest BCUT2D eigenvalue weighted by Crippen LogP contribution is 2.51. The Bertz CT molecular complexity index is 1040. The van der Waals surface area contributed by atoms with Crippen LogP contribution in [0.15, 0.2) is 72.3 Å². The van der Waals surface area contributed by atoms with E-state index in [2.05, 4.69) is 58.0 Å². The van der Waals surface area contributed by atoms with E-state index in [9.17, 15) is 0 Å². The van der Waals surface area contributed by atoms with E-state index in [1.54, 1.807) is 0 Å². The van der Waals surface area contributed by atoms with Crippen molar-refractivity contribution in [2.75, 3.05) is 13.2 Å². The van der Waals surface area contributed by atoms with Gasteiger partial charge in [0, 0.05) is 25.9 Å². The van der Waals surface area contributed by atoms with Gasteiger partial charge in [0.05, 0.1) is 49.3 Å². The van der Waals surface area contributed by atoms with Gasteiger partial charge in [0.15, 0.2) is 0 Å². The molecule has 2 aromatic carbocycles. The van der Waals surface area contributed by atoms with Crippen molar-refractivity contribution in [2.45, 2.75) is 95.3 Å². The first-order valence-corrected chi connectivity index (χ1v) is 13.2. The second-order valence-electron chi connectivity index (χ2n) is 11.2. The zero-order valence-corrected chi connectivity index (χ0v) is 22.1. The third kappa shape index (κ3) is 5.18. The highest BCUT2D eigenvalue weighted by Gasteiger charge is 2.60. The molecule has 0 aromatic heterocycles. The van der Waals surface area contributed by atoms with Gasteiger partial charge >= 0.3 is 0 Å². The van der Waals surface area contributed by atoms with E-state index in [0.29, 0.717) is 26.4 Å². The van der Waals surface area contributed by atoms with Crippen molar-refractivity contribution in [2.24, 2.45) is 0 Å². The van der Waals surface area contributed by atoms with Gasteiger partial charge in [0.2, 0.25) is 0 Å². The van der Waals surface area contributed by atoms with E-state index in [1.165, 1.54) is 11.1 Å². The summed E-state index contributed by atoms with van der Waals surface area (Å²) >= 11 is 0. The molecule has 2 fully saturated rings. The van der Waals surface area contributed by atoms with Crippen molar-refractivity contribution < 1.29 is 23.7 Å². The highest BCUT2D eigenvalue weighted by atomic mass is 16.6. The molecule has 0 aliphatic carbocycles. The van der Waals surface area contributed by atoms with E-state index in [0.717, 1.165) is 24.8 Å². The fourth-order valence-electron chi connectivity index (χ4n) is 5.93. The van der Waals surface area contributed by atoms with Gasteiger partial charge in [0.1, 0.15) is 5.60 Å². The summed E-state index contributed by atoms with van der Waals surface area (Å²) in [5.41, 5.74) is 2.17. The predicted molar refractivity (Wildman–Crippen MR) is 140 cm³/mol. The molecule has 0 saturated carbocycles. The largest absolute Gasteiger partial charge is 0.377 e. The molecule has 0 unspecified atom stereocenters. The van der Waals surface area contributed by atoms with E-state index in [1.807, 2.05) is 36.4 Å². The molecule has 5 nitrogen and oxygen atoms in total. The zero-order chi connectivity index (χ0) is 25.2. The van der Waals surface area contributed by atoms with E-state index >= 15 is 0 Å². The van der Waals surface area contributed by atoms with Gasteiger partial charge in [-0.15, -0.1) is 0 Å². The molecule has 0 bridgehead atoms. The van der Waals surface area contributed by atoms with Crippen molar-refractivity contribution in [1.29, 1.82) is 0 Å². The Morgan fingerprint density at radius 2 is 1.56 bits per heavy atom. The minimum Gasteiger partial charge on any atom is -0.377 e. The molecule has 0 amide bonds. The number of fused-ring (bicyclic) bond motifs is 2. The molecule has 6 atom stereocenters. The smallest absolute Gasteiger partial charge is 0.113 e. The Morgan fingerprint density at radius 3 is 2.25 bits per heavy atom. The van der Waals surface area contributed by atoms with Gasteiger partial charge < -0.3 is 23.7 Å². The minimum atomic E-state index is -0.494. The maximum atomic E-state index is 6.93. The van der Waals surface area contributed by atoms with Crippen LogP contribution in [0.1, 0.15) is 58.1 Å². The Labute approximate surface area is 215 Å². The number of hydrogen-bond donors (Lipinski definition) is 0. The van der Waals surface area contributed by atoms with Crippen LogP contribution < -0.4 is 0 Å². The molecular formula is C31H40O5. The van der Waals surface area contributed by atoms with Crippen molar-refractivity contribution in [1.82, 2.24) is 0 Å². The maximum absolute atomic E-state index is 6.93. The molecule has 3 aliphatic rings. The molecule has 0 radical (unpaired) electrons. The van der Waals surface area contributed by atoms with Crippen LogP contribution in [0.3, 0.4) is 0 Å². The van der Waals surface area contributed by atoms with Crippen LogP contribution in [0.5, 0.6) is 0 Å². The quantitative estimate of drug-likeness (QED) is 0.334. The average molecular weight is 493 g/mol. The van der Waals surface area contributed by atoms with Crippen molar-refractivity contribution in [3.63, 3.8) is 0 Å². The van der Waals surface area contributed by atoms with Gasteiger partial charge in [-0.1, -0.05) is 66.7 Å². The molecule has 2 aromatic rings. The summed E-state index contributed by atoms with van der Waals surface area (Å²) in [6, 6.07) is 20.6. The summed E-state index contributed by atoms with van der Waals surface area (Å²) in [5.74, 6) is 0. The normalized spacial score (nSPS) is 36.0. The van der Waals surface area contributed by atoms with Crippen molar-refractivity contribution >= 4 is 0 Å². The fourth-order valence-corrected chi connectivity index (χ4v) is 5.93. The average Bonchev–Trinajstić information content (AvgIpc) is 2.87. The van der Waals surface area contributed by atoms with E-state index < -0.39 is 16.8 Å². The van der Waals surface area contributed by atoms with Gasteiger partial charge in [-0.05, 0) is 44.4 Å². The first kappa shape index (κ1) is 25.6. The molecule has 2 saturated heterocycles. The van der Waals surface area contributed by atoms with Crippen molar-refractivity contribution in [3.05, 3.63) is 83.4 Å². The maximum Gasteiger partial charge on any atom is 0.113 e. The van der Waals surface area contributed by atoms with Crippen LogP contribution >= 0.6 is 0 Å². The summed E-state index contributed by atoms with van der Waals surface area (Å²) in [6.07, 6.45) is 4.24. The number of ether oxygens (including phenoxy) is 5. The molecule has 5 heteroatoms. The predicted octanol–water partition coefficient (Wildman–Crippen LogP) is 6.01. The topological polar surface area (TPSA) is 46.2 Å². The lowest BCUT2D eigenvalue weighted by Crippen LogP contribution is -2.69. The number of benzene rings is 2. The summed E-state index contributed by atoms with van der Waals surface area (Å²) < 4.78 is 32.7.